The number of nitrogens with zero attached hydrogens (tertiary/aromatic N) is 3. The molecular weight excluding hydrogens is 320 g/mol. The van der Waals surface area contributed by atoms with E-state index in [2.05, 4.69) is 39.5 Å². The minimum atomic E-state index is 0.0653. The van der Waals surface area contributed by atoms with Gasteiger partial charge in [0.1, 0.15) is 0 Å². The van der Waals surface area contributed by atoms with Crippen molar-refractivity contribution >= 4 is 22.5 Å². The van der Waals surface area contributed by atoms with Gasteiger partial charge in [0.05, 0.1) is 6.04 Å². The lowest BCUT2D eigenvalue weighted by Gasteiger charge is -2.36. The molecule has 0 spiro atoms. The highest BCUT2D eigenvalue weighted by Gasteiger charge is 2.26. The van der Waals surface area contributed by atoms with Crippen LogP contribution in [0.2, 0.25) is 0 Å². The van der Waals surface area contributed by atoms with E-state index in [1.54, 1.807) is 11.3 Å². The second kappa shape index (κ2) is 6.81. The predicted molar refractivity (Wildman–Crippen MR) is 96.6 cm³/mol. The minimum Gasteiger partial charge on any atom is -0.345 e. The van der Waals surface area contributed by atoms with Crippen LogP contribution < -0.4 is 10.2 Å². The molecule has 0 radical (unpaired) electrons. The molecule has 2 aromatic rings. The monoisotopic (exact) mass is 342 g/mol. The van der Waals surface area contributed by atoms with Crippen LogP contribution >= 0.6 is 11.3 Å². The molecule has 1 aliphatic heterocycles. The Balaban J connectivity index is 1.36. The maximum atomic E-state index is 12.7. The molecule has 1 saturated heterocycles. The maximum absolute atomic E-state index is 12.7. The van der Waals surface area contributed by atoms with Gasteiger partial charge >= 0.3 is 6.03 Å². The average molecular weight is 342 g/mol. The van der Waals surface area contributed by atoms with Crippen LogP contribution in [0.25, 0.3) is 0 Å². The van der Waals surface area contributed by atoms with E-state index in [9.17, 15) is 4.79 Å². The molecule has 1 aromatic heterocycles. The van der Waals surface area contributed by atoms with Crippen LogP contribution in [0.1, 0.15) is 30.0 Å². The quantitative estimate of drug-likeness (QED) is 0.912. The molecule has 1 unspecified atom stereocenters. The Labute approximate surface area is 146 Å². The summed E-state index contributed by atoms with van der Waals surface area (Å²) >= 11 is 1.66. The van der Waals surface area contributed by atoms with Gasteiger partial charge in [0, 0.05) is 37.8 Å². The highest BCUT2D eigenvalue weighted by Crippen LogP contribution is 2.29. The SMILES string of the molecule is O=C(NC1CCCc2ccccc21)N1CCN(c2nccs2)CC1. The van der Waals surface area contributed by atoms with Crippen LogP contribution in [0, 0.1) is 0 Å². The second-order valence-corrected chi connectivity index (χ2v) is 7.25. The molecule has 126 valence electrons. The minimum absolute atomic E-state index is 0.0653. The summed E-state index contributed by atoms with van der Waals surface area (Å²) in [6.45, 7) is 3.20. The first-order valence-electron chi connectivity index (χ1n) is 8.59. The third-order valence-corrected chi connectivity index (χ3v) is 5.76. The van der Waals surface area contributed by atoms with Crippen molar-refractivity contribution in [2.75, 3.05) is 31.1 Å². The van der Waals surface area contributed by atoms with Gasteiger partial charge in [-0.25, -0.2) is 9.78 Å². The number of piperazine rings is 1. The van der Waals surface area contributed by atoms with Gasteiger partial charge in [-0.1, -0.05) is 24.3 Å². The van der Waals surface area contributed by atoms with Crippen molar-refractivity contribution in [1.29, 1.82) is 0 Å². The van der Waals surface area contributed by atoms with Crippen molar-refractivity contribution in [3.63, 3.8) is 0 Å². The Kier molecular flexibility index (Phi) is 4.38. The van der Waals surface area contributed by atoms with Crippen molar-refractivity contribution in [2.45, 2.75) is 25.3 Å². The molecule has 0 bridgehead atoms. The molecule has 24 heavy (non-hydrogen) atoms. The summed E-state index contributed by atoms with van der Waals surface area (Å²) in [6, 6.07) is 8.70. The molecule has 1 aromatic carbocycles. The lowest BCUT2D eigenvalue weighted by Crippen LogP contribution is -2.52. The second-order valence-electron chi connectivity index (χ2n) is 6.38. The Morgan fingerprint density at radius 2 is 2.04 bits per heavy atom. The number of urea groups is 1. The van der Waals surface area contributed by atoms with Gasteiger partial charge in [0.15, 0.2) is 5.13 Å². The molecule has 2 heterocycles. The van der Waals surface area contributed by atoms with Crippen molar-refractivity contribution in [1.82, 2.24) is 15.2 Å². The summed E-state index contributed by atoms with van der Waals surface area (Å²) in [5, 5.41) is 6.30. The Morgan fingerprint density at radius 1 is 1.21 bits per heavy atom. The smallest absolute Gasteiger partial charge is 0.318 e. The standard InChI is InChI=1S/C18H22N4OS/c23-17(20-16-7-3-5-14-4-1-2-6-15(14)16)21-9-11-22(12-10-21)18-19-8-13-24-18/h1-2,4,6,8,13,16H,3,5,7,9-12H2,(H,20,23). The molecule has 6 heteroatoms. The largest absolute Gasteiger partial charge is 0.345 e. The topological polar surface area (TPSA) is 48.5 Å². The van der Waals surface area contributed by atoms with Crippen LogP contribution in [0.3, 0.4) is 0 Å². The summed E-state index contributed by atoms with van der Waals surface area (Å²) < 4.78 is 0. The number of benzene rings is 1. The van der Waals surface area contributed by atoms with Crippen molar-refractivity contribution in [2.24, 2.45) is 0 Å². The van der Waals surface area contributed by atoms with Crippen LogP contribution in [0.4, 0.5) is 9.93 Å². The van der Waals surface area contributed by atoms with E-state index in [4.69, 9.17) is 0 Å². The number of anilines is 1. The van der Waals surface area contributed by atoms with Gasteiger partial charge in [-0.2, -0.15) is 0 Å². The average Bonchev–Trinajstić information content (AvgIpc) is 3.17. The molecule has 2 amide bonds. The van der Waals surface area contributed by atoms with E-state index in [1.165, 1.54) is 11.1 Å². The molecule has 1 fully saturated rings. The van der Waals surface area contributed by atoms with Gasteiger partial charge in [-0.05, 0) is 30.4 Å². The molecule has 1 atom stereocenters. The zero-order valence-electron chi connectivity index (χ0n) is 13.6. The van der Waals surface area contributed by atoms with E-state index in [0.717, 1.165) is 50.6 Å². The van der Waals surface area contributed by atoms with E-state index >= 15 is 0 Å². The van der Waals surface area contributed by atoms with Gasteiger partial charge in [-0.3, -0.25) is 0 Å². The van der Waals surface area contributed by atoms with Gasteiger partial charge in [-0.15, -0.1) is 11.3 Å². The van der Waals surface area contributed by atoms with E-state index in [0.29, 0.717) is 0 Å². The number of aromatic nitrogens is 1. The molecule has 1 N–H and O–H groups in total. The zero-order valence-corrected chi connectivity index (χ0v) is 14.5. The van der Waals surface area contributed by atoms with Crippen LogP contribution in [-0.4, -0.2) is 42.1 Å². The lowest BCUT2D eigenvalue weighted by molar-refractivity contribution is 0.189. The van der Waals surface area contributed by atoms with E-state index < -0.39 is 0 Å². The highest BCUT2D eigenvalue weighted by molar-refractivity contribution is 7.13. The number of nitrogens with one attached hydrogen (secondary N) is 1. The summed E-state index contributed by atoms with van der Waals surface area (Å²) in [7, 11) is 0. The van der Waals surface area contributed by atoms with Gasteiger partial charge in [0.25, 0.3) is 0 Å². The molecule has 0 saturated carbocycles. The van der Waals surface area contributed by atoms with Crippen molar-refractivity contribution in [3.8, 4) is 0 Å². The lowest BCUT2D eigenvalue weighted by atomic mass is 9.88. The Morgan fingerprint density at radius 3 is 2.83 bits per heavy atom. The summed E-state index contributed by atoms with van der Waals surface area (Å²) in [4.78, 5) is 21.2. The number of thiazole rings is 1. The number of rotatable bonds is 2. The number of hydrogen-bond donors (Lipinski definition) is 1. The third-order valence-electron chi connectivity index (χ3n) is 4.92. The zero-order chi connectivity index (χ0) is 16.4. The van der Waals surface area contributed by atoms with Crippen molar-refractivity contribution < 1.29 is 4.79 Å². The van der Waals surface area contributed by atoms with Crippen LogP contribution in [0.15, 0.2) is 35.8 Å². The maximum Gasteiger partial charge on any atom is 0.318 e. The Bertz CT molecular complexity index is 695. The molecule has 2 aliphatic rings. The fourth-order valence-electron chi connectivity index (χ4n) is 3.62. The number of amides is 2. The van der Waals surface area contributed by atoms with Crippen molar-refractivity contribution in [3.05, 3.63) is 47.0 Å². The predicted octanol–water partition coefficient (Wildman–Crippen LogP) is 3.05. The molecule has 5 nitrogen and oxygen atoms in total. The Hall–Kier alpha value is -2.08. The first-order valence-corrected chi connectivity index (χ1v) is 9.47. The van der Waals surface area contributed by atoms with E-state index in [1.807, 2.05) is 16.5 Å². The fraction of sp³-hybridized carbons (Fsp3) is 0.444. The number of hydrogen-bond acceptors (Lipinski definition) is 4. The molecular formula is C18H22N4OS. The summed E-state index contributed by atoms with van der Waals surface area (Å²) in [6.07, 6.45) is 5.12. The fourth-order valence-corrected chi connectivity index (χ4v) is 4.31. The number of carbonyl (C=O) groups is 1. The van der Waals surface area contributed by atoms with Gasteiger partial charge in [0.2, 0.25) is 0 Å². The van der Waals surface area contributed by atoms with Gasteiger partial charge < -0.3 is 15.1 Å². The molecule has 1 aliphatic carbocycles. The van der Waals surface area contributed by atoms with Crippen LogP contribution in [0.5, 0.6) is 0 Å². The molecule has 4 rings (SSSR count). The summed E-state index contributed by atoms with van der Waals surface area (Å²) in [5.74, 6) is 0. The number of carbonyl (C=O) groups excluding carboxylic acids is 1. The third kappa shape index (κ3) is 3.11. The van der Waals surface area contributed by atoms with E-state index in [-0.39, 0.29) is 12.1 Å². The van der Waals surface area contributed by atoms with Crippen LogP contribution in [-0.2, 0) is 6.42 Å². The number of aryl methyl sites for hydroxylation is 1. The summed E-state index contributed by atoms with van der Waals surface area (Å²) in [5.41, 5.74) is 2.67. The normalized spacial score (nSPS) is 20.6. The first kappa shape index (κ1) is 15.4. The first-order chi connectivity index (χ1) is 11.8. The number of fused-ring (bicyclic) bond motifs is 1. The highest BCUT2D eigenvalue weighted by atomic mass is 32.1.